The number of piperazine rings is 1. The first kappa shape index (κ1) is 36.7. The number of carbonyl (C=O) groups excluding carboxylic acids is 6. The van der Waals surface area contributed by atoms with Gasteiger partial charge in [0.25, 0.3) is 11.8 Å². The molecule has 3 atom stereocenters. The van der Waals surface area contributed by atoms with Crippen LogP contribution in [0.4, 0.5) is 20.7 Å². The lowest BCUT2D eigenvalue weighted by Gasteiger charge is -2.36. The Balaban J connectivity index is 0.875. The maximum atomic E-state index is 15.3. The molecule has 0 radical (unpaired) electrons. The fourth-order valence-electron chi connectivity index (χ4n) is 7.62. The summed E-state index contributed by atoms with van der Waals surface area (Å²) in [6.07, 6.45) is 1.75. The number of aromatic nitrogens is 2. The van der Waals surface area contributed by atoms with E-state index >= 15 is 4.39 Å². The zero-order valence-corrected chi connectivity index (χ0v) is 30.2. The molecule has 4 heterocycles. The van der Waals surface area contributed by atoms with Crippen LogP contribution in [0, 0.1) is 5.82 Å². The van der Waals surface area contributed by atoms with Gasteiger partial charge in [0.15, 0.2) is 5.82 Å². The number of hydrogen-bond donors (Lipinski definition) is 4. The normalized spacial score (nSPS) is 21.7. The van der Waals surface area contributed by atoms with E-state index in [4.69, 9.17) is 4.74 Å². The van der Waals surface area contributed by atoms with E-state index in [9.17, 15) is 28.8 Å². The summed E-state index contributed by atoms with van der Waals surface area (Å²) in [4.78, 5) is 80.2. The molecule has 3 aliphatic heterocycles. The van der Waals surface area contributed by atoms with Gasteiger partial charge in [0.2, 0.25) is 17.7 Å². The number of alkyl carbamates (subject to hydrolysis) is 1. The smallest absolute Gasteiger partial charge is 0.407 e. The number of nitrogens with one attached hydrogen (secondary N) is 4. The van der Waals surface area contributed by atoms with Crippen molar-refractivity contribution < 1.29 is 37.9 Å². The summed E-state index contributed by atoms with van der Waals surface area (Å²) >= 11 is 0. The fourth-order valence-corrected chi connectivity index (χ4v) is 7.62. The van der Waals surface area contributed by atoms with Gasteiger partial charge in [0.05, 0.1) is 17.5 Å². The van der Waals surface area contributed by atoms with Crippen LogP contribution in [-0.2, 0) is 32.1 Å². The molecule has 15 nitrogen and oxygen atoms in total. The number of rotatable bonds is 10. The van der Waals surface area contributed by atoms with Gasteiger partial charge in [-0.25, -0.2) is 9.18 Å². The minimum atomic E-state index is -1.02. The topological polar surface area (TPSA) is 186 Å². The second-order valence-corrected chi connectivity index (χ2v) is 14.6. The van der Waals surface area contributed by atoms with Crippen LogP contribution < -0.4 is 20.9 Å². The van der Waals surface area contributed by atoms with Crippen LogP contribution in [0.15, 0.2) is 42.5 Å². The van der Waals surface area contributed by atoms with Gasteiger partial charge in [0, 0.05) is 74.1 Å². The summed E-state index contributed by atoms with van der Waals surface area (Å²) in [6.45, 7) is 6.60. The van der Waals surface area contributed by atoms with Crippen molar-refractivity contribution >= 4 is 47.1 Å². The Morgan fingerprint density at radius 1 is 0.963 bits per heavy atom. The quantitative estimate of drug-likeness (QED) is 0.225. The first-order chi connectivity index (χ1) is 25.9. The molecule has 3 fully saturated rings. The number of fused-ring (bicyclic) bond motifs is 1. The summed E-state index contributed by atoms with van der Waals surface area (Å²) in [5, 5.41) is 14.9. The van der Waals surface area contributed by atoms with Gasteiger partial charge in [-0.2, -0.15) is 5.10 Å². The Hall–Kier alpha value is -5.64. The highest BCUT2D eigenvalue weighted by Gasteiger charge is 2.45. The molecule has 1 saturated carbocycles. The number of ether oxygens (including phenoxy) is 1. The average molecular weight is 743 g/mol. The molecule has 284 valence electrons. The lowest BCUT2D eigenvalue weighted by molar-refractivity contribution is -0.136. The molecule has 4 aliphatic rings. The monoisotopic (exact) mass is 742 g/mol. The summed E-state index contributed by atoms with van der Waals surface area (Å²) in [6, 6.07) is 10.7. The zero-order valence-electron chi connectivity index (χ0n) is 30.2. The fraction of sp³-hybridized carbons (Fsp3) is 0.447. The van der Waals surface area contributed by atoms with Gasteiger partial charge < -0.3 is 20.3 Å². The van der Waals surface area contributed by atoms with Crippen molar-refractivity contribution in [2.75, 3.05) is 36.4 Å². The molecular formula is C38H43FN8O7. The molecule has 1 aromatic heterocycles. The molecule has 54 heavy (non-hydrogen) atoms. The number of carbonyl (C=O) groups is 6. The van der Waals surface area contributed by atoms with Gasteiger partial charge >= 0.3 is 6.09 Å². The maximum Gasteiger partial charge on any atom is 0.407 e. The number of anilines is 2. The van der Waals surface area contributed by atoms with E-state index < -0.39 is 41.6 Å². The first-order valence-electron chi connectivity index (χ1n) is 18.3. The number of aromatic amines is 1. The average Bonchev–Trinajstić information content (AvgIpc) is 3.84. The first-order valence-corrected chi connectivity index (χ1v) is 18.3. The Labute approximate surface area is 310 Å². The van der Waals surface area contributed by atoms with Crippen molar-refractivity contribution in [1.82, 2.24) is 30.6 Å². The van der Waals surface area contributed by atoms with Gasteiger partial charge in [-0.05, 0) is 69.4 Å². The molecule has 6 amide bonds. The highest BCUT2D eigenvalue weighted by atomic mass is 19.1. The molecular weight excluding hydrogens is 699 g/mol. The number of nitrogens with zero attached hydrogens (tertiary/aromatic N) is 4. The molecule has 0 spiro atoms. The highest BCUT2D eigenvalue weighted by molar-refractivity contribution is 6.23. The third kappa shape index (κ3) is 7.98. The second-order valence-electron chi connectivity index (χ2n) is 14.6. The van der Waals surface area contributed by atoms with Crippen LogP contribution in [0.5, 0.6) is 0 Å². The molecule has 3 aromatic rings. The molecule has 2 saturated heterocycles. The predicted molar refractivity (Wildman–Crippen MR) is 193 cm³/mol. The molecule has 16 heteroatoms. The van der Waals surface area contributed by atoms with Crippen LogP contribution in [-0.4, -0.2) is 100.0 Å². The number of halogens is 1. The summed E-state index contributed by atoms with van der Waals surface area (Å²) < 4.78 is 20.8. The molecule has 1 unspecified atom stereocenters. The van der Waals surface area contributed by atoms with E-state index in [1.807, 2.05) is 13.8 Å². The Kier molecular flexibility index (Phi) is 10.5. The van der Waals surface area contributed by atoms with Crippen LogP contribution in [0.1, 0.15) is 89.4 Å². The van der Waals surface area contributed by atoms with E-state index in [0.717, 1.165) is 29.1 Å². The van der Waals surface area contributed by atoms with Crippen LogP contribution >= 0.6 is 0 Å². The van der Waals surface area contributed by atoms with E-state index in [2.05, 4.69) is 35.9 Å². The van der Waals surface area contributed by atoms with Crippen molar-refractivity contribution in [3.63, 3.8) is 0 Å². The number of imide groups is 2. The number of benzene rings is 2. The zero-order chi connectivity index (χ0) is 38.1. The summed E-state index contributed by atoms with van der Waals surface area (Å²) in [5.74, 6) is -2.38. The van der Waals surface area contributed by atoms with Gasteiger partial charge in [-0.1, -0.05) is 12.1 Å². The number of piperidine rings is 1. The van der Waals surface area contributed by atoms with Crippen molar-refractivity contribution in [3.8, 4) is 0 Å². The van der Waals surface area contributed by atoms with Gasteiger partial charge in [-0.15, -0.1) is 0 Å². The summed E-state index contributed by atoms with van der Waals surface area (Å²) in [7, 11) is 0. The summed E-state index contributed by atoms with van der Waals surface area (Å²) in [5.41, 5.74) is 3.13. The standard InChI is InChI=1S/C38H43FN8O7/c1-21(2)40-38(53)54-26-7-5-23(17-26)30-19-32(44-43-30)41-34(49)16-22-3-4-24(29(39)15-22)20-45-11-13-46(14-12-45)25-6-8-27-28(18-25)37(52)47(36(27)51)31-9-10-33(48)42-35(31)50/h3-4,6,8,15,18-19,21,23,26,31H,5,7,9-14,16-17,20H2,1-2H3,(H,40,53)(H,42,48,50)(H2,41,43,44,49)/t23-,26+,31?/m0/s1. The number of H-pyrrole nitrogens is 1. The largest absolute Gasteiger partial charge is 0.446 e. The van der Waals surface area contributed by atoms with E-state index in [1.54, 1.807) is 36.4 Å². The minimum Gasteiger partial charge on any atom is -0.446 e. The van der Waals surface area contributed by atoms with E-state index in [0.29, 0.717) is 56.1 Å². The molecule has 2 aromatic carbocycles. The van der Waals surface area contributed by atoms with Crippen LogP contribution in [0.3, 0.4) is 0 Å². The van der Waals surface area contributed by atoms with Gasteiger partial charge in [-0.3, -0.25) is 44.2 Å². The molecule has 4 N–H and O–H groups in total. The highest BCUT2D eigenvalue weighted by Crippen LogP contribution is 2.36. The van der Waals surface area contributed by atoms with E-state index in [1.165, 1.54) is 6.07 Å². The SMILES string of the molecule is CC(C)NC(=O)O[C@@H]1CC[C@H](c2cc(NC(=O)Cc3ccc(CN4CCN(c5ccc6c(c5)C(=O)N(C5CCC(=O)NC5=O)C6=O)CC4)c(F)c3)n[nH]2)C1. The van der Waals surface area contributed by atoms with Crippen LogP contribution in [0.25, 0.3) is 0 Å². The molecule has 7 rings (SSSR count). The number of hydrogen-bond acceptors (Lipinski definition) is 10. The van der Waals surface area contributed by atoms with Crippen LogP contribution in [0.2, 0.25) is 0 Å². The third-order valence-electron chi connectivity index (χ3n) is 10.4. The molecule has 0 bridgehead atoms. The van der Waals surface area contributed by atoms with Crippen molar-refractivity contribution in [1.29, 1.82) is 0 Å². The lowest BCUT2D eigenvalue weighted by Crippen LogP contribution is -2.54. The van der Waals surface area contributed by atoms with Crippen molar-refractivity contribution in [3.05, 3.63) is 76.2 Å². The Bertz CT molecular complexity index is 1990. The molecule has 1 aliphatic carbocycles. The van der Waals surface area contributed by atoms with Crippen molar-refractivity contribution in [2.24, 2.45) is 0 Å². The van der Waals surface area contributed by atoms with E-state index in [-0.39, 0.29) is 54.4 Å². The lowest BCUT2D eigenvalue weighted by atomic mass is 10.0. The second kappa shape index (κ2) is 15.4. The third-order valence-corrected chi connectivity index (χ3v) is 10.4. The Morgan fingerprint density at radius 2 is 1.74 bits per heavy atom. The predicted octanol–water partition coefficient (Wildman–Crippen LogP) is 3.22. The Morgan fingerprint density at radius 3 is 2.48 bits per heavy atom. The van der Waals surface area contributed by atoms with Gasteiger partial charge in [0.1, 0.15) is 18.0 Å². The number of amides is 6. The minimum absolute atomic E-state index is 0.00250. The van der Waals surface area contributed by atoms with Crippen molar-refractivity contribution in [2.45, 2.75) is 83.0 Å². The maximum absolute atomic E-state index is 15.3.